The lowest BCUT2D eigenvalue weighted by molar-refractivity contribution is -0.114. The third kappa shape index (κ3) is 5.82. The molecule has 0 unspecified atom stereocenters. The third-order valence-corrected chi connectivity index (χ3v) is 6.52. The van der Waals surface area contributed by atoms with Gasteiger partial charge in [0.1, 0.15) is 5.82 Å². The van der Waals surface area contributed by atoms with Gasteiger partial charge in [-0.25, -0.2) is 0 Å². The van der Waals surface area contributed by atoms with E-state index in [0.717, 1.165) is 34.6 Å². The summed E-state index contributed by atoms with van der Waals surface area (Å²) in [5, 5.41) is 15.2. The van der Waals surface area contributed by atoms with E-state index in [2.05, 4.69) is 46.5 Å². The van der Waals surface area contributed by atoms with E-state index < -0.39 is 0 Å². The zero-order valence-corrected chi connectivity index (χ0v) is 19.2. The Labute approximate surface area is 185 Å². The summed E-state index contributed by atoms with van der Waals surface area (Å²) >= 11 is 0. The van der Waals surface area contributed by atoms with Crippen LogP contribution in [0.5, 0.6) is 0 Å². The molecule has 1 aromatic heterocycles. The molecule has 4 rings (SSSR count). The van der Waals surface area contributed by atoms with E-state index in [1.165, 1.54) is 45.8 Å². The van der Waals surface area contributed by atoms with Crippen molar-refractivity contribution in [1.29, 1.82) is 0 Å². The molecule has 0 bridgehead atoms. The largest absolute Gasteiger partial charge is 0.366 e. The predicted octanol–water partition coefficient (Wildman–Crippen LogP) is 4.66. The summed E-state index contributed by atoms with van der Waals surface area (Å²) in [6.07, 6.45) is 3.72. The van der Waals surface area contributed by atoms with Gasteiger partial charge in [-0.2, -0.15) is 0 Å². The molecule has 2 N–H and O–H groups in total. The average Bonchev–Trinajstić information content (AvgIpc) is 3.25. The van der Waals surface area contributed by atoms with Crippen LogP contribution < -0.4 is 10.6 Å². The SMILES string of the molecule is CC(=O)Nc1ccc(-c2ccc(N[C@@H]3C[C@@H]4CN(CCC(C)(C)C)C[C@@H]4C3)nn2)cc1. The molecule has 0 spiro atoms. The van der Waals surface area contributed by atoms with Crippen LogP contribution in [0.1, 0.15) is 47.0 Å². The van der Waals surface area contributed by atoms with E-state index in [1.807, 2.05) is 36.4 Å². The lowest BCUT2D eigenvalue weighted by Crippen LogP contribution is -2.28. The van der Waals surface area contributed by atoms with Crippen LogP contribution >= 0.6 is 0 Å². The highest BCUT2D eigenvalue weighted by Gasteiger charge is 2.40. The summed E-state index contributed by atoms with van der Waals surface area (Å²) in [5.74, 6) is 2.41. The monoisotopic (exact) mass is 421 g/mol. The molecule has 3 atom stereocenters. The number of anilines is 2. The molecule has 6 heteroatoms. The lowest BCUT2D eigenvalue weighted by atomic mass is 9.92. The van der Waals surface area contributed by atoms with Gasteiger partial charge in [-0.05, 0) is 67.3 Å². The van der Waals surface area contributed by atoms with Gasteiger partial charge in [0.25, 0.3) is 0 Å². The number of likely N-dealkylation sites (tertiary alicyclic amines) is 1. The van der Waals surface area contributed by atoms with Crippen molar-refractivity contribution in [3.05, 3.63) is 36.4 Å². The predicted molar refractivity (Wildman–Crippen MR) is 126 cm³/mol. The molecule has 2 aromatic rings. The summed E-state index contributed by atoms with van der Waals surface area (Å²) in [5.41, 5.74) is 3.02. The minimum Gasteiger partial charge on any atom is -0.366 e. The molecule has 2 heterocycles. The number of fused-ring (bicyclic) bond motifs is 1. The van der Waals surface area contributed by atoms with Crippen LogP contribution in [0.25, 0.3) is 11.3 Å². The molecule has 1 aromatic carbocycles. The zero-order chi connectivity index (χ0) is 22.0. The van der Waals surface area contributed by atoms with Crippen molar-refractivity contribution in [2.24, 2.45) is 17.3 Å². The summed E-state index contributed by atoms with van der Waals surface area (Å²) in [4.78, 5) is 13.8. The van der Waals surface area contributed by atoms with Gasteiger partial charge < -0.3 is 15.5 Å². The van der Waals surface area contributed by atoms with E-state index in [0.29, 0.717) is 11.5 Å². The fourth-order valence-corrected chi connectivity index (χ4v) is 4.89. The van der Waals surface area contributed by atoms with Crippen molar-refractivity contribution in [2.45, 2.75) is 53.0 Å². The van der Waals surface area contributed by atoms with Crippen LogP contribution in [-0.2, 0) is 4.79 Å². The molecule has 1 aliphatic carbocycles. The topological polar surface area (TPSA) is 70.2 Å². The van der Waals surface area contributed by atoms with Crippen molar-refractivity contribution >= 4 is 17.4 Å². The molecule has 6 nitrogen and oxygen atoms in total. The van der Waals surface area contributed by atoms with Gasteiger partial charge in [0.2, 0.25) is 5.91 Å². The first-order valence-corrected chi connectivity index (χ1v) is 11.5. The Bertz CT molecular complexity index is 874. The lowest BCUT2D eigenvalue weighted by Gasteiger charge is -2.24. The molecule has 1 saturated carbocycles. The number of amides is 1. The fourth-order valence-electron chi connectivity index (χ4n) is 4.89. The number of rotatable bonds is 6. The maximum Gasteiger partial charge on any atom is 0.221 e. The Hall–Kier alpha value is -2.47. The first-order valence-electron chi connectivity index (χ1n) is 11.5. The van der Waals surface area contributed by atoms with Crippen LogP contribution in [-0.4, -0.2) is 46.7 Å². The molecule has 1 aliphatic heterocycles. The molecular weight excluding hydrogens is 386 g/mol. The zero-order valence-electron chi connectivity index (χ0n) is 19.2. The van der Waals surface area contributed by atoms with Gasteiger partial charge in [-0.15, -0.1) is 10.2 Å². The van der Waals surface area contributed by atoms with Crippen molar-refractivity contribution in [1.82, 2.24) is 15.1 Å². The number of carbonyl (C=O) groups is 1. The van der Waals surface area contributed by atoms with Crippen molar-refractivity contribution in [2.75, 3.05) is 30.3 Å². The van der Waals surface area contributed by atoms with Crippen molar-refractivity contribution in [3.8, 4) is 11.3 Å². The van der Waals surface area contributed by atoms with E-state index in [9.17, 15) is 4.79 Å². The second-order valence-corrected chi connectivity index (χ2v) is 10.5. The molecule has 1 amide bonds. The molecular formula is C25H35N5O. The Morgan fingerprint density at radius 3 is 2.26 bits per heavy atom. The second kappa shape index (κ2) is 8.95. The van der Waals surface area contributed by atoms with Gasteiger partial charge >= 0.3 is 0 Å². The van der Waals surface area contributed by atoms with Crippen LogP contribution in [0.4, 0.5) is 11.5 Å². The number of carbonyl (C=O) groups excluding carboxylic acids is 1. The van der Waals surface area contributed by atoms with E-state index in [-0.39, 0.29) is 5.91 Å². The first-order chi connectivity index (χ1) is 14.7. The fraction of sp³-hybridized carbons (Fsp3) is 0.560. The summed E-state index contributed by atoms with van der Waals surface area (Å²) in [7, 11) is 0. The highest BCUT2D eigenvalue weighted by atomic mass is 16.1. The van der Waals surface area contributed by atoms with Gasteiger partial charge in [0.05, 0.1) is 5.69 Å². The summed E-state index contributed by atoms with van der Waals surface area (Å²) < 4.78 is 0. The molecule has 31 heavy (non-hydrogen) atoms. The Morgan fingerprint density at radius 1 is 1.03 bits per heavy atom. The minimum atomic E-state index is -0.0726. The van der Waals surface area contributed by atoms with Crippen molar-refractivity contribution in [3.63, 3.8) is 0 Å². The molecule has 2 fully saturated rings. The quantitative estimate of drug-likeness (QED) is 0.710. The van der Waals surface area contributed by atoms with Crippen molar-refractivity contribution < 1.29 is 4.79 Å². The van der Waals surface area contributed by atoms with Gasteiger partial charge in [-0.3, -0.25) is 4.79 Å². The van der Waals surface area contributed by atoms with E-state index in [1.54, 1.807) is 0 Å². The highest BCUT2D eigenvalue weighted by molar-refractivity contribution is 5.88. The molecule has 166 valence electrons. The van der Waals surface area contributed by atoms with Crippen LogP contribution in [0.2, 0.25) is 0 Å². The highest BCUT2D eigenvalue weighted by Crippen LogP contribution is 2.39. The number of benzene rings is 1. The summed E-state index contributed by atoms with van der Waals surface area (Å²) in [6.45, 7) is 12.2. The van der Waals surface area contributed by atoms with Gasteiger partial charge in [0.15, 0.2) is 0 Å². The van der Waals surface area contributed by atoms with Crippen LogP contribution in [0, 0.1) is 17.3 Å². The van der Waals surface area contributed by atoms with Gasteiger partial charge in [0, 0.05) is 37.3 Å². The maximum absolute atomic E-state index is 11.1. The van der Waals surface area contributed by atoms with E-state index in [4.69, 9.17) is 0 Å². The number of hydrogen-bond acceptors (Lipinski definition) is 5. The second-order valence-electron chi connectivity index (χ2n) is 10.5. The number of hydrogen-bond donors (Lipinski definition) is 2. The molecule has 2 aliphatic rings. The van der Waals surface area contributed by atoms with Crippen LogP contribution in [0.15, 0.2) is 36.4 Å². The minimum absolute atomic E-state index is 0.0726. The van der Waals surface area contributed by atoms with Gasteiger partial charge in [-0.1, -0.05) is 32.9 Å². The molecule has 1 saturated heterocycles. The number of aromatic nitrogens is 2. The normalized spacial score (nSPS) is 23.5. The Kier molecular flexibility index (Phi) is 6.28. The maximum atomic E-state index is 11.1. The Morgan fingerprint density at radius 2 is 1.71 bits per heavy atom. The van der Waals surface area contributed by atoms with Crippen LogP contribution in [0.3, 0.4) is 0 Å². The smallest absolute Gasteiger partial charge is 0.221 e. The summed E-state index contributed by atoms with van der Waals surface area (Å²) in [6, 6.07) is 12.2. The Balaban J connectivity index is 1.27. The first kappa shape index (κ1) is 21.8. The average molecular weight is 422 g/mol. The third-order valence-electron chi connectivity index (χ3n) is 6.52. The number of nitrogens with zero attached hydrogens (tertiary/aromatic N) is 3. The molecule has 0 radical (unpaired) electrons. The standard InChI is InChI=1S/C25H35N5O/c1-17(31)26-21-7-5-18(6-8-21)23-9-10-24(29-28-23)27-22-13-19-15-30(16-20(19)14-22)12-11-25(2,3)4/h5-10,19-20,22H,11-16H2,1-4H3,(H,26,31)(H,27,29)/t19-,20+,22-. The number of nitrogens with one attached hydrogen (secondary N) is 2. The van der Waals surface area contributed by atoms with E-state index >= 15 is 0 Å².